The first kappa shape index (κ1) is 16.9. The van der Waals surface area contributed by atoms with Crippen molar-refractivity contribution in [2.45, 2.75) is 6.36 Å². The van der Waals surface area contributed by atoms with Crippen LogP contribution in [0.15, 0.2) is 53.3 Å². The molecule has 3 aromatic rings. The quantitative estimate of drug-likeness (QED) is 0.773. The molecule has 0 aliphatic heterocycles. The van der Waals surface area contributed by atoms with Crippen molar-refractivity contribution in [1.29, 1.82) is 0 Å². The molecule has 1 heterocycles. The van der Waals surface area contributed by atoms with Crippen LogP contribution in [0.5, 0.6) is 5.75 Å². The van der Waals surface area contributed by atoms with E-state index in [2.05, 4.69) is 9.72 Å². The van der Waals surface area contributed by atoms with E-state index in [1.165, 1.54) is 24.3 Å². The zero-order valence-electron chi connectivity index (χ0n) is 13.5. The van der Waals surface area contributed by atoms with Gasteiger partial charge in [0, 0.05) is 30.9 Å². The van der Waals surface area contributed by atoms with Crippen LogP contribution < -0.4 is 15.2 Å². The Bertz CT molecular complexity index is 961. The van der Waals surface area contributed by atoms with Crippen molar-refractivity contribution < 1.29 is 17.9 Å². The summed E-state index contributed by atoms with van der Waals surface area (Å²) >= 11 is 0. The maximum Gasteiger partial charge on any atom is 0.573 e. The number of hydrogen-bond donors (Lipinski definition) is 1. The molecule has 1 aromatic heterocycles. The number of anilines is 1. The van der Waals surface area contributed by atoms with Crippen LogP contribution in [0.25, 0.3) is 22.0 Å². The fourth-order valence-corrected chi connectivity index (χ4v) is 2.53. The lowest BCUT2D eigenvalue weighted by Crippen LogP contribution is -2.17. The molecule has 4 nitrogen and oxygen atoms in total. The van der Waals surface area contributed by atoms with Gasteiger partial charge < -0.3 is 14.6 Å². The molecule has 0 fully saturated rings. The summed E-state index contributed by atoms with van der Waals surface area (Å²) < 4.78 is 40.5. The molecular weight excluding hydrogens is 333 g/mol. The maximum atomic E-state index is 12.3. The van der Waals surface area contributed by atoms with Gasteiger partial charge in [0.05, 0.1) is 0 Å². The van der Waals surface area contributed by atoms with E-state index in [0.717, 1.165) is 11.1 Å². The first-order valence-corrected chi connectivity index (χ1v) is 7.43. The van der Waals surface area contributed by atoms with Gasteiger partial charge in [-0.1, -0.05) is 0 Å². The minimum Gasteiger partial charge on any atom is -0.406 e. The van der Waals surface area contributed by atoms with Gasteiger partial charge in [-0.2, -0.15) is 0 Å². The van der Waals surface area contributed by atoms with Gasteiger partial charge in [0.15, 0.2) is 0 Å². The predicted molar refractivity (Wildman–Crippen MR) is 91.0 cm³/mol. The molecule has 1 N–H and O–H groups in total. The maximum absolute atomic E-state index is 12.3. The average molecular weight is 348 g/mol. The number of aromatic nitrogens is 1. The molecule has 0 atom stereocenters. The molecule has 2 aromatic carbocycles. The van der Waals surface area contributed by atoms with Crippen molar-refractivity contribution in [3.63, 3.8) is 0 Å². The number of alkyl halides is 3. The molecule has 7 heteroatoms. The summed E-state index contributed by atoms with van der Waals surface area (Å²) in [5.41, 5.74) is 1.79. The highest BCUT2D eigenvalue weighted by Gasteiger charge is 2.30. The highest BCUT2D eigenvalue weighted by molar-refractivity contribution is 5.88. The Morgan fingerprint density at radius 1 is 1.00 bits per heavy atom. The Labute approximate surface area is 141 Å². The van der Waals surface area contributed by atoms with Gasteiger partial charge in [-0.25, -0.2) is 0 Å². The number of hydrogen-bond acceptors (Lipinski definition) is 3. The number of nitrogens with zero attached hydrogens (tertiary/aromatic N) is 1. The monoisotopic (exact) mass is 348 g/mol. The van der Waals surface area contributed by atoms with Crippen LogP contribution in [-0.2, 0) is 0 Å². The number of ether oxygens (including phenoxy) is 1. The minimum atomic E-state index is -4.73. The molecule has 0 aliphatic carbocycles. The fraction of sp³-hybridized carbons (Fsp3) is 0.167. The third-order valence-corrected chi connectivity index (χ3v) is 3.74. The van der Waals surface area contributed by atoms with E-state index in [1.807, 2.05) is 31.1 Å². The lowest BCUT2D eigenvalue weighted by molar-refractivity contribution is -0.274. The molecule has 3 rings (SSSR count). The predicted octanol–water partition coefficient (Wildman–Crippen LogP) is 4.16. The topological polar surface area (TPSA) is 45.3 Å². The number of rotatable bonds is 3. The van der Waals surface area contributed by atoms with E-state index in [1.54, 1.807) is 12.1 Å². The SMILES string of the molecule is CN(C)c1ccc2c(=O)[nH]c(-c3ccc(OC(F)(F)F)cc3)cc2c1. The third kappa shape index (κ3) is 3.76. The van der Waals surface area contributed by atoms with E-state index in [9.17, 15) is 18.0 Å². The van der Waals surface area contributed by atoms with E-state index in [-0.39, 0.29) is 11.3 Å². The second-order valence-electron chi connectivity index (χ2n) is 5.75. The summed E-state index contributed by atoms with van der Waals surface area (Å²) in [6.07, 6.45) is -4.73. The van der Waals surface area contributed by atoms with Crippen molar-refractivity contribution in [1.82, 2.24) is 4.98 Å². The van der Waals surface area contributed by atoms with Crippen molar-refractivity contribution >= 4 is 16.5 Å². The second-order valence-corrected chi connectivity index (χ2v) is 5.75. The van der Waals surface area contributed by atoms with E-state index < -0.39 is 6.36 Å². The second kappa shape index (κ2) is 6.16. The first-order chi connectivity index (χ1) is 11.7. The van der Waals surface area contributed by atoms with Crippen LogP contribution in [0.1, 0.15) is 0 Å². The Morgan fingerprint density at radius 2 is 1.68 bits per heavy atom. The number of fused-ring (bicyclic) bond motifs is 1. The summed E-state index contributed by atoms with van der Waals surface area (Å²) in [4.78, 5) is 16.9. The zero-order valence-corrected chi connectivity index (χ0v) is 13.5. The van der Waals surface area contributed by atoms with Crippen molar-refractivity contribution in [3.8, 4) is 17.0 Å². The van der Waals surface area contributed by atoms with Crippen molar-refractivity contribution in [2.75, 3.05) is 19.0 Å². The molecule has 0 saturated heterocycles. The van der Waals surface area contributed by atoms with Gasteiger partial charge in [-0.3, -0.25) is 4.79 Å². The van der Waals surface area contributed by atoms with Crippen LogP contribution in [-0.4, -0.2) is 25.4 Å². The van der Waals surface area contributed by atoms with Crippen LogP contribution >= 0.6 is 0 Å². The molecule has 0 saturated carbocycles. The Morgan fingerprint density at radius 3 is 2.28 bits per heavy atom. The Kier molecular flexibility index (Phi) is 4.16. The van der Waals surface area contributed by atoms with E-state index in [4.69, 9.17) is 0 Å². The molecule has 0 bridgehead atoms. The molecule has 130 valence electrons. The lowest BCUT2D eigenvalue weighted by Gasteiger charge is -2.13. The van der Waals surface area contributed by atoms with Crippen LogP contribution in [0.2, 0.25) is 0 Å². The van der Waals surface area contributed by atoms with Gasteiger partial charge in [0.1, 0.15) is 5.75 Å². The highest BCUT2D eigenvalue weighted by Crippen LogP contribution is 2.27. The van der Waals surface area contributed by atoms with Crippen molar-refractivity contribution in [2.24, 2.45) is 0 Å². The smallest absolute Gasteiger partial charge is 0.406 e. The molecule has 0 aliphatic rings. The number of pyridine rings is 1. The van der Waals surface area contributed by atoms with Gasteiger partial charge in [0.25, 0.3) is 5.56 Å². The summed E-state index contributed by atoms with van der Waals surface area (Å²) in [6.45, 7) is 0. The van der Waals surface area contributed by atoms with Gasteiger partial charge >= 0.3 is 6.36 Å². The molecular formula is C18H15F3N2O2. The minimum absolute atomic E-state index is 0.256. The average Bonchev–Trinajstić information content (AvgIpc) is 2.53. The standard InChI is InChI=1S/C18H15F3N2O2/c1-23(2)13-5-8-15-12(9-13)10-16(22-17(15)24)11-3-6-14(7-4-11)25-18(19,20)21/h3-10H,1-2H3,(H,22,24). The van der Waals surface area contributed by atoms with Crippen molar-refractivity contribution in [3.05, 3.63) is 58.9 Å². The number of benzene rings is 2. The molecule has 0 unspecified atom stereocenters. The molecule has 25 heavy (non-hydrogen) atoms. The van der Waals surface area contributed by atoms with Gasteiger partial charge in [-0.05, 0) is 59.5 Å². The third-order valence-electron chi connectivity index (χ3n) is 3.74. The summed E-state index contributed by atoms with van der Waals surface area (Å²) in [5, 5.41) is 1.30. The van der Waals surface area contributed by atoms with E-state index >= 15 is 0 Å². The summed E-state index contributed by atoms with van der Waals surface area (Å²) in [5.74, 6) is -0.311. The summed E-state index contributed by atoms with van der Waals surface area (Å²) in [6, 6.07) is 12.6. The van der Waals surface area contributed by atoms with Crippen LogP contribution in [0, 0.1) is 0 Å². The van der Waals surface area contributed by atoms with Gasteiger partial charge in [-0.15, -0.1) is 13.2 Å². The van der Waals surface area contributed by atoms with Crippen LogP contribution in [0.3, 0.4) is 0 Å². The molecule has 0 spiro atoms. The van der Waals surface area contributed by atoms with Gasteiger partial charge in [0.2, 0.25) is 0 Å². The first-order valence-electron chi connectivity index (χ1n) is 7.43. The fourth-order valence-electron chi connectivity index (χ4n) is 2.53. The number of halogens is 3. The van der Waals surface area contributed by atoms with Crippen LogP contribution in [0.4, 0.5) is 18.9 Å². The Hall–Kier alpha value is -2.96. The number of H-pyrrole nitrogens is 1. The largest absolute Gasteiger partial charge is 0.573 e. The molecule has 0 amide bonds. The number of aromatic amines is 1. The summed E-state index contributed by atoms with van der Waals surface area (Å²) in [7, 11) is 3.79. The lowest BCUT2D eigenvalue weighted by atomic mass is 10.1. The highest BCUT2D eigenvalue weighted by atomic mass is 19.4. The number of nitrogens with one attached hydrogen (secondary N) is 1. The molecule has 0 radical (unpaired) electrons. The normalized spacial score (nSPS) is 11.6. The Balaban J connectivity index is 2.02. The van der Waals surface area contributed by atoms with E-state index in [0.29, 0.717) is 16.6 Å². The zero-order chi connectivity index (χ0) is 18.2.